The molecule has 0 spiro atoms. The van der Waals surface area contributed by atoms with Crippen LogP contribution in [0.1, 0.15) is 26.3 Å². The second kappa shape index (κ2) is 8.91. The topological polar surface area (TPSA) is 78.4 Å². The number of thioether (sulfide) groups is 1. The molecule has 0 unspecified atom stereocenters. The first-order valence-electron chi connectivity index (χ1n) is 8.29. The van der Waals surface area contributed by atoms with Crippen LogP contribution < -0.4 is 10.9 Å². The average Bonchev–Trinajstić information content (AvgIpc) is 2.72. The van der Waals surface area contributed by atoms with Crippen molar-refractivity contribution >= 4 is 23.6 Å². The van der Waals surface area contributed by atoms with Gasteiger partial charge >= 0.3 is 0 Å². The molecule has 0 aromatic heterocycles. The molecule has 0 radical (unpaired) electrons. The summed E-state index contributed by atoms with van der Waals surface area (Å²) in [5.41, 5.74) is 6.39. The first kappa shape index (κ1) is 18.5. The number of rotatable bonds is 5. The zero-order chi connectivity index (χ0) is 19.1. The molecule has 3 aromatic rings. The number of aromatic hydroxyl groups is 1. The molecular weight excluding hydrogens is 360 g/mol. The van der Waals surface area contributed by atoms with Crippen LogP contribution in [-0.2, 0) is 5.75 Å². The van der Waals surface area contributed by atoms with Crippen LogP contribution >= 0.6 is 11.8 Å². The summed E-state index contributed by atoms with van der Waals surface area (Å²) in [6.45, 7) is 0. The van der Waals surface area contributed by atoms with E-state index in [4.69, 9.17) is 0 Å². The van der Waals surface area contributed by atoms with Crippen LogP contribution in [0.15, 0.2) is 83.8 Å². The maximum absolute atomic E-state index is 12.2. The number of hydrazine groups is 1. The summed E-state index contributed by atoms with van der Waals surface area (Å²) in [5, 5.41) is 9.65. The first-order valence-corrected chi connectivity index (χ1v) is 9.27. The maximum Gasteiger partial charge on any atom is 0.273 e. The summed E-state index contributed by atoms with van der Waals surface area (Å²) in [6.07, 6.45) is 0. The number of phenols is 1. The average molecular weight is 378 g/mol. The summed E-state index contributed by atoms with van der Waals surface area (Å²) in [7, 11) is 0. The highest BCUT2D eigenvalue weighted by atomic mass is 32.2. The summed E-state index contributed by atoms with van der Waals surface area (Å²) >= 11 is 1.68. The number of carbonyl (C=O) groups excluding carboxylic acids is 2. The van der Waals surface area contributed by atoms with E-state index in [0.717, 1.165) is 10.6 Å². The predicted octanol–water partition coefficient (Wildman–Crippen LogP) is 3.76. The zero-order valence-electron chi connectivity index (χ0n) is 14.4. The van der Waals surface area contributed by atoms with E-state index in [2.05, 4.69) is 23.0 Å². The minimum Gasteiger partial charge on any atom is -0.507 e. The highest BCUT2D eigenvalue weighted by Crippen LogP contribution is 2.23. The Balaban J connectivity index is 1.53. The molecule has 0 saturated carbocycles. The Hall–Kier alpha value is -3.25. The fraction of sp³-hybridized carbons (Fsp3) is 0.0476. The van der Waals surface area contributed by atoms with Crippen molar-refractivity contribution in [2.24, 2.45) is 0 Å². The normalized spacial score (nSPS) is 10.2. The van der Waals surface area contributed by atoms with Crippen LogP contribution in [0.25, 0.3) is 0 Å². The predicted molar refractivity (Wildman–Crippen MR) is 105 cm³/mol. The van der Waals surface area contributed by atoms with Gasteiger partial charge in [0.2, 0.25) is 0 Å². The highest BCUT2D eigenvalue weighted by Gasteiger charge is 2.12. The minimum atomic E-state index is -0.587. The number of benzene rings is 3. The Kier molecular flexibility index (Phi) is 6.12. The van der Waals surface area contributed by atoms with Gasteiger partial charge in [-0.05, 0) is 42.0 Å². The van der Waals surface area contributed by atoms with Crippen LogP contribution in [0.2, 0.25) is 0 Å². The summed E-state index contributed by atoms with van der Waals surface area (Å²) in [5.74, 6) is -0.317. The van der Waals surface area contributed by atoms with E-state index in [1.165, 1.54) is 17.7 Å². The highest BCUT2D eigenvalue weighted by molar-refractivity contribution is 7.98. The summed E-state index contributed by atoms with van der Waals surface area (Å²) in [4.78, 5) is 25.2. The van der Waals surface area contributed by atoms with Gasteiger partial charge in [0.05, 0.1) is 5.56 Å². The Morgan fingerprint density at radius 1 is 0.778 bits per heavy atom. The maximum atomic E-state index is 12.2. The number of carbonyl (C=O) groups is 2. The van der Waals surface area contributed by atoms with Crippen molar-refractivity contribution < 1.29 is 14.7 Å². The zero-order valence-corrected chi connectivity index (χ0v) is 15.2. The summed E-state index contributed by atoms with van der Waals surface area (Å²) in [6, 6.07) is 23.4. The van der Waals surface area contributed by atoms with Crippen molar-refractivity contribution in [1.29, 1.82) is 0 Å². The standard InChI is InChI=1S/C21H18N2O3S/c24-19-9-5-4-8-18(19)21(26)23-22-20(25)16-10-12-17(13-11-16)27-14-15-6-2-1-3-7-15/h1-13,24H,14H2,(H,22,25)(H,23,26). The van der Waals surface area contributed by atoms with Gasteiger partial charge in [-0.3, -0.25) is 20.4 Å². The van der Waals surface area contributed by atoms with Crippen molar-refractivity contribution in [3.05, 3.63) is 95.6 Å². The van der Waals surface area contributed by atoms with Crippen molar-refractivity contribution in [1.82, 2.24) is 10.9 Å². The molecular formula is C21H18N2O3S. The van der Waals surface area contributed by atoms with Crippen molar-refractivity contribution in [2.75, 3.05) is 0 Å². The van der Waals surface area contributed by atoms with Gasteiger partial charge in [-0.2, -0.15) is 0 Å². The number of hydrogen-bond donors (Lipinski definition) is 3. The van der Waals surface area contributed by atoms with Gasteiger partial charge in [0.25, 0.3) is 11.8 Å². The van der Waals surface area contributed by atoms with Gasteiger partial charge in [0.15, 0.2) is 0 Å². The minimum absolute atomic E-state index is 0.0884. The van der Waals surface area contributed by atoms with Crippen molar-refractivity contribution in [2.45, 2.75) is 10.6 Å². The lowest BCUT2D eigenvalue weighted by molar-refractivity contribution is 0.0845. The van der Waals surface area contributed by atoms with Gasteiger partial charge in [-0.15, -0.1) is 11.8 Å². The molecule has 3 aromatic carbocycles. The molecule has 0 saturated heterocycles. The van der Waals surface area contributed by atoms with Crippen LogP contribution in [0.3, 0.4) is 0 Å². The van der Waals surface area contributed by atoms with Gasteiger partial charge < -0.3 is 5.11 Å². The molecule has 0 heterocycles. The molecule has 5 nitrogen and oxygen atoms in total. The Labute approximate surface area is 161 Å². The number of amides is 2. The first-order chi connectivity index (χ1) is 13.1. The lowest BCUT2D eigenvalue weighted by Crippen LogP contribution is -2.41. The van der Waals surface area contributed by atoms with Crippen LogP contribution in [0.4, 0.5) is 0 Å². The monoisotopic (exact) mass is 378 g/mol. The van der Waals surface area contributed by atoms with Gasteiger partial charge in [-0.1, -0.05) is 42.5 Å². The summed E-state index contributed by atoms with van der Waals surface area (Å²) < 4.78 is 0. The number of nitrogens with one attached hydrogen (secondary N) is 2. The van der Waals surface area contributed by atoms with E-state index in [-0.39, 0.29) is 11.3 Å². The molecule has 2 amide bonds. The van der Waals surface area contributed by atoms with E-state index in [0.29, 0.717) is 5.56 Å². The quantitative estimate of drug-likeness (QED) is 0.467. The van der Waals surface area contributed by atoms with E-state index in [1.54, 1.807) is 36.0 Å². The van der Waals surface area contributed by atoms with Crippen LogP contribution in [-0.4, -0.2) is 16.9 Å². The van der Waals surface area contributed by atoms with Crippen LogP contribution in [0, 0.1) is 0 Å². The molecule has 27 heavy (non-hydrogen) atoms. The smallest absolute Gasteiger partial charge is 0.273 e. The third-order valence-corrected chi connectivity index (χ3v) is 4.89. The van der Waals surface area contributed by atoms with E-state index >= 15 is 0 Å². The second-order valence-electron chi connectivity index (χ2n) is 5.72. The number of phenolic OH excluding ortho intramolecular Hbond substituents is 1. The van der Waals surface area contributed by atoms with Crippen molar-refractivity contribution in [3.8, 4) is 5.75 Å². The molecule has 3 rings (SSSR count). The third kappa shape index (κ3) is 5.12. The number of para-hydroxylation sites is 1. The Bertz CT molecular complexity index is 928. The van der Waals surface area contributed by atoms with Gasteiger partial charge in [0, 0.05) is 16.2 Å². The van der Waals surface area contributed by atoms with E-state index < -0.39 is 11.8 Å². The van der Waals surface area contributed by atoms with Gasteiger partial charge in [0.1, 0.15) is 5.75 Å². The molecule has 0 aliphatic carbocycles. The Morgan fingerprint density at radius 2 is 1.41 bits per heavy atom. The molecule has 0 fully saturated rings. The molecule has 0 aliphatic rings. The number of hydrogen-bond acceptors (Lipinski definition) is 4. The van der Waals surface area contributed by atoms with E-state index in [1.807, 2.05) is 30.3 Å². The fourth-order valence-electron chi connectivity index (χ4n) is 2.36. The third-order valence-electron chi connectivity index (χ3n) is 3.80. The van der Waals surface area contributed by atoms with Crippen molar-refractivity contribution in [3.63, 3.8) is 0 Å². The second-order valence-corrected chi connectivity index (χ2v) is 6.77. The molecule has 3 N–H and O–H groups in total. The molecule has 6 heteroatoms. The SMILES string of the molecule is O=C(NNC(=O)c1ccccc1O)c1ccc(SCc2ccccc2)cc1. The lowest BCUT2D eigenvalue weighted by Gasteiger charge is -2.09. The molecule has 0 bridgehead atoms. The molecule has 136 valence electrons. The lowest BCUT2D eigenvalue weighted by atomic mass is 10.2. The Morgan fingerprint density at radius 3 is 2.11 bits per heavy atom. The molecule has 0 atom stereocenters. The fourth-order valence-corrected chi connectivity index (χ4v) is 3.22. The van der Waals surface area contributed by atoms with Crippen LogP contribution in [0.5, 0.6) is 5.75 Å². The largest absolute Gasteiger partial charge is 0.507 e. The van der Waals surface area contributed by atoms with E-state index in [9.17, 15) is 14.7 Å². The molecule has 0 aliphatic heterocycles. The van der Waals surface area contributed by atoms with Gasteiger partial charge in [-0.25, -0.2) is 0 Å².